The fraction of sp³-hybridized carbons (Fsp3) is 0.708. The van der Waals surface area contributed by atoms with Crippen molar-refractivity contribution in [2.75, 3.05) is 72.8 Å². The minimum atomic E-state index is 0.468. The molecule has 0 amide bonds. The second kappa shape index (κ2) is 11.8. The van der Waals surface area contributed by atoms with Gasteiger partial charge in [-0.1, -0.05) is 30.3 Å². The van der Waals surface area contributed by atoms with Crippen molar-refractivity contribution in [1.29, 1.82) is 0 Å². The van der Waals surface area contributed by atoms with E-state index >= 15 is 0 Å². The van der Waals surface area contributed by atoms with Gasteiger partial charge in [0.05, 0.1) is 33.0 Å². The highest BCUT2D eigenvalue weighted by Gasteiger charge is 2.32. The summed E-state index contributed by atoms with van der Waals surface area (Å²) >= 11 is 0. The third-order valence-electron chi connectivity index (χ3n) is 6.76. The van der Waals surface area contributed by atoms with Crippen molar-refractivity contribution in [3.63, 3.8) is 0 Å². The van der Waals surface area contributed by atoms with E-state index in [1.165, 1.54) is 5.56 Å². The zero-order valence-corrected chi connectivity index (χ0v) is 18.9. The monoisotopic (exact) mass is 430 g/mol. The molecule has 3 aliphatic heterocycles. The van der Waals surface area contributed by atoms with Crippen LogP contribution in [0.5, 0.6) is 0 Å². The highest BCUT2D eigenvalue weighted by molar-refractivity contribution is 5.80. The number of ether oxygens (including phenoxy) is 3. The van der Waals surface area contributed by atoms with Crippen LogP contribution in [-0.4, -0.2) is 94.6 Å². The fourth-order valence-electron chi connectivity index (χ4n) is 4.97. The van der Waals surface area contributed by atoms with Crippen LogP contribution in [0.1, 0.15) is 18.4 Å². The van der Waals surface area contributed by atoms with Crippen LogP contribution in [0.25, 0.3) is 0 Å². The summed E-state index contributed by atoms with van der Waals surface area (Å²) in [7, 11) is 1.89. The first-order chi connectivity index (χ1) is 15.3. The molecule has 0 saturated carbocycles. The fourth-order valence-corrected chi connectivity index (χ4v) is 4.97. The van der Waals surface area contributed by atoms with E-state index in [9.17, 15) is 0 Å². The van der Waals surface area contributed by atoms with Gasteiger partial charge in [-0.2, -0.15) is 0 Å². The lowest BCUT2D eigenvalue weighted by Gasteiger charge is -2.38. The van der Waals surface area contributed by atoms with Gasteiger partial charge in [0, 0.05) is 64.3 Å². The SMILES string of the molecule is CN=C(NCC(C1CCOC1)N1CCOCC1)N1CCC(COCc2ccccc2)C1. The molecule has 1 aromatic carbocycles. The summed E-state index contributed by atoms with van der Waals surface area (Å²) in [5.41, 5.74) is 1.24. The molecular formula is C24H38N4O3. The Morgan fingerprint density at radius 2 is 1.97 bits per heavy atom. The Hall–Kier alpha value is -1.67. The van der Waals surface area contributed by atoms with Gasteiger partial charge in [-0.25, -0.2) is 0 Å². The van der Waals surface area contributed by atoms with Crippen LogP contribution < -0.4 is 5.32 Å². The lowest BCUT2D eigenvalue weighted by Crippen LogP contribution is -2.54. The van der Waals surface area contributed by atoms with E-state index in [1.54, 1.807) is 0 Å². The van der Waals surface area contributed by atoms with Gasteiger partial charge in [-0.15, -0.1) is 0 Å². The van der Waals surface area contributed by atoms with Gasteiger partial charge in [0.25, 0.3) is 0 Å². The summed E-state index contributed by atoms with van der Waals surface area (Å²) in [6.07, 6.45) is 2.30. The average Bonchev–Trinajstić information content (AvgIpc) is 3.51. The molecule has 7 nitrogen and oxygen atoms in total. The van der Waals surface area contributed by atoms with Gasteiger partial charge in [0.15, 0.2) is 5.96 Å². The molecule has 172 valence electrons. The molecule has 0 spiro atoms. The molecule has 3 unspecified atom stereocenters. The van der Waals surface area contributed by atoms with E-state index < -0.39 is 0 Å². The Labute approximate surface area is 186 Å². The second-order valence-corrected chi connectivity index (χ2v) is 8.87. The molecule has 0 aliphatic carbocycles. The summed E-state index contributed by atoms with van der Waals surface area (Å²) in [6.45, 7) is 9.86. The molecule has 1 N–H and O–H groups in total. The summed E-state index contributed by atoms with van der Waals surface area (Å²) in [5.74, 6) is 2.16. The van der Waals surface area contributed by atoms with Gasteiger partial charge in [0.2, 0.25) is 0 Å². The Kier molecular flexibility index (Phi) is 8.58. The number of likely N-dealkylation sites (tertiary alicyclic amines) is 1. The number of guanidine groups is 1. The first-order valence-electron chi connectivity index (χ1n) is 11.8. The Bertz CT molecular complexity index is 675. The van der Waals surface area contributed by atoms with Crippen LogP contribution in [-0.2, 0) is 20.8 Å². The number of morpholine rings is 1. The third-order valence-corrected chi connectivity index (χ3v) is 6.76. The average molecular weight is 431 g/mol. The van der Waals surface area contributed by atoms with Crippen molar-refractivity contribution in [3.05, 3.63) is 35.9 Å². The quantitative estimate of drug-likeness (QED) is 0.502. The molecule has 3 saturated heterocycles. The standard InChI is InChI=1S/C24H38N4O3/c1-25-24(26-15-23(22-8-12-30-19-22)27-10-13-29-14-11-27)28-9-7-21(16-28)18-31-17-20-5-3-2-4-6-20/h2-6,21-23H,7-19H2,1H3,(H,25,26). The maximum atomic E-state index is 5.99. The van der Waals surface area contributed by atoms with E-state index in [0.717, 1.165) is 84.6 Å². The van der Waals surface area contributed by atoms with Crippen molar-refractivity contribution in [3.8, 4) is 0 Å². The van der Waals surface area contributed by atoms with Gasteiger partial charge in [-0.05, 0) is 18.4 Å². The highest BCUT2D eigenvalue weighted by atomic mass is 16.5. The van der Waals surface area contributed by atoms with Crippen molar-refractivity contribution in [2.45, 2.75) is 25.5 Å². The van der Waals surface area contributed by atoms with E-state index in [0.29, 0.717) is 24.5 Å². The van der Waals surface area contributed by atoms with Crippen molar-refractivity contribution in [2.24, 2.45) is 16.8 Å². The largest absolute Gasteiger partial charge is 0.381 e. The number of nitrogens with one attached hydrogen (secondary N) is 1. The minimum Gasteiger partial charge on any atom is -0.381 e. The molecule has 4 rings (SSSR count). The van der Waals surface area contributed by atoms with Crippen LogP contribution in [0.15, 0.2) is 35.3 Å². The number of aliphatic imine (C=N–C) groups is 1. The predicted molar refractivity (Wildman–Crippen MR) is 122 cm³/mol. The Morgan fingerprint density at radius 3 is 2.71 bits per heavy atom. The molecule has 1 aromatic rings. The van der Waals surface area contributed by atoms with Crippen molar-refractivity contribution in [1.82, 2.24) is 15.1 Å². The summed E-state index contributed by atoms with van der Waals surface area (Å²) in [6, 6.07) is 10.9. The molecular weight excluding hydrogens is 392 g/mol. The lowest BCUT2D eigenvalue weighted by atomic mass is 9.97. The topological polar surface area (TPSA) is 58.6 Å². The molecule has 0 radical (unpaired) electrons. The first kappa shape index (κ1) is 22.5. The summed E-state index contributed by atoms with van der Waals surface area (Å²) in [5, 5.41) is 3.69. The number of hydrogen-bond donors (Lipinski definition) is 1. The molecule has 31 heavy (non-hydrogen) atoms. The first-order valence-corrected chi connectivity index (χ1v) is 11.8. The molecule has 0 bridgehead atoms. The van der Waals surface area contributed by atoms with E-state index in [4.69, 9.17) is 14.2 Å². The van der Waals surface area contributed by atoms with Crippen molar-refractivity contribution >= 4 is 5.96 Å². The minimum absolute atomic E-state index is 0.468. The smallest absolute Gasteiger partial charge is 0.193 e. The van der Waals surface area contributed by atoms with Crippen molar-refractivity contribution < 1.29 is 14.2 Å². The Balaban J connectivity index is 1.24. The van der Waals surface area contributed by atoms with Crippen LogP contribution >= 0.6 is 0 Å². The van der Waals surface area contributed by atoms with Gasteiger partial charge >= 0.3 is 0 Å². The number of benzene rings is 1. The molecule has 3 atom stereocenters. The van der Waals surface area contributed by atoms with E-state index in [2.05, 4.69) is 44.4 Å². The molecule has 0 aromatic heterocycles. The maximum absolute atomic E-state index is 5.99. The molecule has 7 heteroatoms. The van der Waals surface area contributed by atoms with Gasteiger partial charge < -0.3 is 24.4 Å². The number of rotatable bonds is 8. The van der Waals surface area contributed by atoms with E-state index in [1.807, 2.05) is 13.1 Å². The molecule has 3 heterocycles. The van der Waals surface area contributed by atoms with Crippen LogP contribution in [0.4, 0.5) is 0 Å². The van der Waals surface area contributed by atoms with Gasteiger partial charge in [-0.3, -0.25) is 9.89 Å². The lowest BCUT2D eigenvalue weighted by molar-refractivity contribution is 0.00235. The van der Waals surface area contributed by atoms with Crippen LogP contribution in [0.2, 0.25) is 0 Å². The third kappa shape index (κ3) is 6.42. The Morgan fingerprint density at radius 1 is 1.13 bits per heavy atom. The van der Waals surface area contributed by atoms with E-state index in [-0.39, 0.29) is 0 Å². The van der Waals surface area contributed by atoms with Crippen LogP contribution in [0.3, 0.4) is 0 Å². The van der Waals surface area contributed by atoms with Crippen LogP contribution in [0, 0.1) is 11.8 Å². The molecule has 3 aliphatic rings. The highest BCUT2D eigenvalue weighted by Crippen LogP contribution is 2.22. The zero-order valence-electron chi connectivity index (χ0n) is 18.9. The number of nitrogens with zero attached hydrogens (tertiary/aromatic N) is 3. The number of hydrogen-bond acceptors (Lipinski definition) is 5. The maximum Gasteiger partial charge on any atom is 0.193 e. The van der Waals surface area contributed by atoms with Gasteiger partial charge in [0.1, 0.15) is 0 Å². The summed E-state index contributed by atoms with van der Waals surface area (Å²) < 4.78 is 17.3. The normalized spacial score (nSPS) is 26.4. The molecule has 3 fully saturated rings. The summed E-state index contributed by atoms with van der Waals surface area (Å²) in [4.78, 5) is 9.56. The zero-order chi connectivity index (χ0) is 21.3. The second-order valence-electron chi connectivity index (χ2n) is 8.87. The predicted octanol–water partition coefficient (Wildman–Crippen LogP) is 1.84.